The van der Waals surface area contributed by atoms with Crippen LogP contribution in [0.1, 0.15) is 0 Å². The second-order valence-corrected chi connectivity index (χ2v) is 0. The molecule has 65 valence electrons. The summed E-state index contributed by atoms with van der Waals surface area (Å²) < 4.78 is 0. The molecule has 0 nitrogen and oxygen atoms in total. The van der Waals surface area contributed by atoms with Crippen molar-refractivity contribution in [1.82, 2.24) is 0 Å². The molecule has 0 fully saturated rings. The second kappa shape index (κ2) is 109. The van der Waals surface area contributed by atoms with Gasteiger partial charge in [-0.3, -0.25) is 0 Å². The van der Waals surface area contributed by atoms with Gasteiger partial charge >= 0.3 is 72.0 Å². The van der Waals surface area contributed by atoms with Crippen LogP contribution in [0.15, 0.2) is 0 Å². The maximum atomic E-state index is 2.69. The Morgan fingerprint density at radius 3 is 0.600 bits per heavy atom. The summed E-state index contributed by atoms with van der Waals surface area (Å²) in [5.41, 5.74) is 0. The van der Waals surface area contributed by atoms with Gasteiger partial charge in [0.2, 0.25) is 0 Å². The van der Waals surface area contributed by atoms with Crippen molar-refractivity contribution < 1.29 is 91.5 Å². The molecular formula is Cl6CuGaInSe. The molecule has 0 heterocycles. The summed E-state index contributed by atoms with van der Waals surface area (Å²) in [5.74, 6) is 0. The zero-order valence-electron chi connectivity index (χ0n) is 4.13. The summed E-state index contributed by atoms with van der Waals surface area (Å²) in [6, 6.07) is 0. The summed E-state index contributed by atoms with van der Waals surface area (Å²) in [7, 11) is 0. The smallest absolute Gasteiger partial charge is 3.00 e. The van der Waals surface area contributed by atoms with Gasteiger partial charge in [-0.2, -0.15) is 0 Å². The first kappa shape index (κ1) is 90.3. The average molecular weight is 540 g/mol. The van der Waals surface area contributed by atoms with Crippen LogP contribution >= 0.6 is 0 Å². The first-order chi connectivity index (χ1) is 1.00. The molecule has 0 aromatic carbocycles. The van der Waals surface area contributed by atoms with E-state index >= 15 is 0 Å². The molecule has 0 aliphatic carbocycles. The summed E-state index contributed by atoms with van der Waals surface area (Å²) in [4.78, 5) is 0. The van der Waals surface area contributed by atoms with Gasteiger partial charge in [0.1, 0.15) is 0 Å². The van der Waals surface area contributed by atoms with Crippen molar-refractivity contribution in [3.05, 3.63) is 0 Å². The molecule has 0 N–H and O–H groups in total. The molecule has 0 rings (SSSR count). The fourth-order valence-electron chi connectivity index (χ4n) is 0. The van der Waals surface area contributed by atoms with Gasteiger partial charge in [0.15, 0.2) is 0 Å². The van der Waals surface area contributed by atoms with Gasteiger partial charge in [-0.05, 0) is 0 Å². The fraction of sp³-hybridized carbons (Fsp3) is 0. The number of hydrogen-bond acceptors (Lipinski definition) is 0. The van der Waals surface area contributed by atoms with Crippen molar-refractivity contribution in [2.45, 2.75) is 0 Å². The van der Waals surface area contributed by atoms with E-state index in [4.69, 9.17) is 0 Å². The van der Waals surface area contributed by atoms with Crippen molar-refractivity contribution in [2.24, 2.45) is 0 Å². The Hall–Kier alpha value is 4.29. The van der Waals surface area contributed by atoms with Gasteiger partial charge in [0.05, 0.1) is 0 Å². The molecule has 0 unspecified atom stereocenters. The van der Waals surface area contributed by atoms with Gasteiger partial charge < -0.3 is 74.4 Å². The van der Waals surface area contributed by atoms with Gasteiger partial charge in [0, 0.05) is 0 Å². The molecule has 0 bridgehead atoms. The number of rotatable bonds is 0. The van der Waals surface area contributed by atoms with Gasteiger partial charge in [-0.25, -0.2) is 0 Å². The van der Waals surface area contributed by atoms with Gasteiger partial charge in [-0.15, -0.1) is 0 Å². The Bertz CT molecular complexity index is 17.7. The Morgan fingerprint density at radius 2 is 0.600 bits per heavy atom. The summed E-state index contributed by atoms with van der Waals surface area (Å²) in [6.45, 7) is 0. The minimum Gasteiger partial charge on any atom is 3.00 e. The number of halogens is 6. The normalized spacial score (nSPS) is 0.600. The quantitative estimate of drug-likeness (QED) is 0.269. The SMILES string of the molecule is [Cl-].[Cl-].[Cl-].[Cl-].[Cl-].[Cl-].[Cu+2].[Ga+]=[Se].[In+3]. The van der Waals surface area contributed by atoms with Crippen LogP contribution in [0.5, 0.6) is 0 Å². The zero-order valence-corrected chi connectivity index (χ0v) is 17.0. The maximum absolute atomic E-state index is 2.69. The summed E-state index contributed by atoms with van der Waals surface area (Å²) in [5, 5.41) is 0. The Balaban J connectivity index is -0.000000000179. The van der Waals surface area contributed by atoms with Crippen LogP contribution in [0.4, 0.5) is 0 Å². The molecule has 10 heteroatoms. The monoisotopic (exact) mass is 536 g/mol. The van der Waals surface area contributed by atoms with E-state index in [1.54, 1.807) is 16.0 Å². The fourth-order valence-corrected chi connectivity index (χ4v) is 0. The topological polar surface area (TPSA) is 0 Å². The van der Waals surface area contributed by atoms with Crippen LogP contribution in [-0.2, 0) is 17.1 Å². The van der Waals surface area contributed by atoms with Crippen LogP contribution < -0.4 is 74.4 Å². The standard InChI is InChI=1S/6ClH.Cu.Ga.In.Se/h6*1H;;;;/q;;;;;;+2;+1;+3;/p-6. The average Bonchev–Trinajstić information content (AvgIpc) is 1.00. The van der Waals surface area contributed by atoms with Crippen molar-refractivity contribution in [3.8, 4) is 0 Å². The van der Waals surface area contributed by atoms with E-state index in [2.05, 4.69) is 13.1 Å². The third kappa shape index (κ3) is 85.2. The third-order valence-electron chi connectivity index (χ3n) is 0. The van der Waals surface area contributed by atoms with Crippen molar-refractivity contribution >= 4 is 55.0 Å². The first-order valence-electron chi connectivity index (χ1n) is 0.236. The largest absolute Gasteiger partial charge is 3.00 e. The van der Waals surface area contributed by atoms with E-state index in [-0.39, 0.29) is 117 Å². The Morgan fingerprint density at radius 1 is 0.600 bits per heavy atom. The molecule has 0 aromatic rings. The van der Waals surface area contributed by atoms with Crippen molar-refractivity contribution in [2.75, 3.05) is 0 Å². The molecule has 0 saturated carbocycles. The zero-order chi connectivity index (χ0) is 2.00. The predicted octanol–water partition coefficient (Wildman–Crippen LogP) is -19.1. The molecule has 0 aliphatic rings. The van der Waals surface area contributed by atoms with E-state index in [9.17, 15) is 0 Å². The van der Waals surface area contributed by atoms with E-state index in [0.717, 1.165) is 0 Å². The van der Waals surface area contributed by atoms with E-state index in [1.165, 1.54) is 0 Å². The van der Waals surface area contributed by atoms with Gasteiger partial charge in [-0.1, -0.05) is 0 Å². The Labute approximate surface area is 144 Å². The molecule has 0 aromatic heterocycles. The van der Waals surface area contributed by atoms with Crippen LogP contribution in [0.2, 0.25) is 0 Å². The maximum Gasteiger partial charge on any atom is 3.00 e. The van der Waals surface area contributed by atoms with Crippen LogP contribution in [0.25, 0.3) is 0 Å². The van der Waals surface area contributed by atoms with Crippen molar-refractivity contribution in [3.63, 3.8) is 0 Å². The minimum absolute atomic E-state index is 0. The Kier molecular flexibility index (Phi) is 985. The van der Waals surface area contributed by atoms with Crippen LogP contribution in [-0.4, -0.2) is 55.0 Å². The molecule has 10 heavy (non-hydrogen) atoms. The van der Waals surface area contributed by atoms with E-state index < -0.39 is 0 Å². The minimum atomic E-state index is 0. The van der Waals surface area contributed by atoms with Crippen molar-refractivity contribution in [1.29, 1.82) is 0 Å². The molecule has 1 radical (unpaired) electrons. The molecule has 0 saturated heterocycles. The second-order valence-electron chi connectivity index (χ2n) is 0. The first-order valence-corrected chi connectivity index (χ1v) is 6.36. The molecular weight excluding hydrogens is 540 g/mol. The molecule has 0 aliphatic heterocycles. The van der Waals surface area contributed by atoms with Gasteiger partial charge in [0.25, 0.3) is 0 Å². The van der Waals surface area contributed by atoms with E-state index in [1.807, 2.05) is 0 Å². The summed E-state index contributed by atoms with van der Waals surface area (Å²) in [6.07, 6.45) is 0. The van der Waals surface area contributed by atoms with E-state index in [0.29, 0.717) is 0 Å². The van der Waals surface area contributed by atoms with Crippen LogP contribution in [0.3, 0.4) is 0 Å². The number of hydrogen-bond donors (Lipinski definition) is 0. The molecule has 0 atom stereocenters. The molecule has 0 spiro atoms. The van der Waals surface area contributed by atoms with Crippen LogP contribution in [0, 0.1) is 0 Å². The predicted molar refractivity (Wildman–Crippen MR) is 17.3 cm³/mol. The molecule has 0 amide bonds. The third-order valence-corrected chi connectivity index (χ3v) is 0. The summed E-state index contributed by atoms with van der Waals surface area (Å²) >= 11 is 4.25.